The van der Waals surface area contributed by atoms with Crippen LogP contribution in [0.5, 0.6) is 0 Å². The zero-order chi connectivity index (χ0) is 14.9. The normalized spacial score (nSPS) is 11.6. The molecule has 0 radical (unpaired) electrons. The summed E-state index contributed by atoms with van der Waals surface area (Å²) in [5.41, 5.74) is 5.97. The zero-order valence-corrected chi connectivity index (χ0v) is 11.4. The van der Waals surface area contributed by atoms with Crippen molar-refractivity contribution in [1.82, 2.24) is 4.98 Å². The van der Waals surface area contributed by atoms with E-state index in [9.17, 15) is 17.2 Å². The predicted molar refractivity (Wildman–Crippen MR) is 70.6 cm³/mol. The van der Waals surface area contributed by atoms with Gasteiger partial charge in [-0.15, -0.1) is 0 Å². The SMILES string of the molecule is Cc1cccnc1CS(=O)(=O)c1c(F)cc(N)cc1F. The third-order valence-corrected chi connectivity index (χ3v) is 4.44. The van der Waals surface area contributed by atoms with Gasteiger partial charge >= 0.3 is 0 Å². The molecule has 0 fully saturated rings. The Morgan fingerprint density at radius 2 is 1.85 bits per heavy atom. The van der Waals surface area contributed by atoms with Crippen LogP contribution in [0.1, 0.15) is 11.3 Å². The topological polar surface area (TPSA) is 73.0 Å². The molecule has 0 spiro atoms. The highest BCUT2D eigenvalue weighted by Crippen LogP contribution is 2.25. The molecule has 0 amide bonds. The molecule has 4 nitrogen and oxygen atoms in total. The van der Waals surface area contributed by atoms with Crippen molar-refractivity contribution in [1.29, 1.82) is 0 Å². The second-order valence-electron chi connectivity index (χ2n) is 4.34. The molecule has 2 N–H and O–H groups in total. The zero-order valence-electron chi connectivity index (χ0n) is 10.6. The molecule has 0 aliphatic rings. The molecule has 0 aliphatic heterocycles. The van der Waals surface area contributed by atoms with Crippen molar-refractivity contribution in [2.75, 3.05) is 5.73 Å². The van der Waals surface area contributed by atoms with Gasteiger partial charge in [-0.1, -0.05) is 6.07 Å². The summed E-state index contributed by atoms with van der Waals surface area (Å²) in [7, 11) is -4.18. The van der Waals surface area contributed by atoms with Crippen LogP contribution in [-0.4, -0.2) is 13.4 Å². The van der Waals surface area contributed by atoms with Crippen molar-refractivity contribution < 1.29 is 17.2 Å². The van der Waals surface area contributed by atoms with E-state index in [2.05, 4.69) is 4.98 Å². The monoisotopic (exact) mass is 298 g/mol. The molecule has 2 rings (SSSR count). The van der Waals surface area contributed by atoms with Crippen LogP contribution < -0.4 is 5.73 Å². The Balaban J connectivity index is 2.50. The smallest absolute Gasteiger partial charge is 0.189 e. The minimum absolute atomic E-state index is 0.173. The van der Waals surface area contributed by atoms with E-state index in [0.29, 0.717) is 5.56 Å². The molecule has 0 atom stereocenters. The van der Waals surface area contributed by atoms with Crippen LogP contribution in [0.15, 0.2) is 35.4 Å². The summed E-state index contributed by atoms with van der Waals surface area (Å²) in [4.78, 5) is 2.94. The number of rotatable bonds is 3. The third-order valence-electron chi connectivity index (χ3n) is 2.78. The molecule has 106 valence electrons. The summed E-state index contributed by atoms with van der Waals surface area (Å²) < 4.78 is 51.7. The highest BCUT2D eigenvalue weighted by atomic mass is 32.2. The van der Waals surface area contributed by atoms with E-state index in [-0.39, 0.29) is 11.4 Å². The summed E-state index contributed by atoms with van der Waals surface area (Å²) >= 11 is 0. The molecule has 0 saturated heterocycles. The number of hydrogen-bond donors (Lipinski definition) is 1. The maximum atomic E-state index is 13.7. The van der Waals surface area contributed by atoms with Crippen molar-refractivity contribution in [3.8, 4) is 0 Å². The highest BCUT2D eigenvalue weighted by molar-refractivity contribution is 7.90. The summed E-state index contributed by atoms with van der Waals surface area (Å²) in [6.45, 7) is 1.67. The van der Waals surface area contributed by atoms with Crippen molar-refractivity contribution in [2.45, 2.75) is 17.6 Å². The Morgan fingerprint density at radius 3 is 2.40 bits per heavy atom. The molecule has 0 unspecified atom stereocenters. The highest BCUT2D eigenvalue weighted by Gasteiger charge is 2.26. The van der Waals surface area contributed by atoms with E-state index < -0.39 is 32.1 Å². The van der Waals surface area contributed by atoms with Gasteiger partial charge in [0.2, 0.25) is 0 Å². The van der Waals surface area contributed by atoms with E-state index in [4.69, 9.17) is 5.73 Å². The molecule has 7 heteroatoms. The third kappa shape index (κ3) is 2.77. The summed E-state index contributed by atoms with van der Waals surface area (Å²) in [6, 6.07) is 4.88. The van der Waals surface area contributed by atoms with Gasteiger partial charge in [-0.3, -0.25) is 4.98 Å². The Morgan fingerprint density at radius 1 is 1.25 bits per heavy atom. The molecule has 0 bridgehead atoms. The number of aryl methyl sites for hydroxylation is 1. The largest absolute Gasteiger partial charge is 0.399 e. The van der Waals surface area contributed by atoms with E-state index in [1.807, 2.05) is 0 Å². The molecule has 1 heterocycles. The Kier molecular flexibility index (Phi) is 3.71. The fourth-order valence-electron chi connectivity index (χ4n) is 1.80. The van der Waals surface area contributed by atoms with Crippen molar-refractivity contribution in [3.05, 3.63) is 53.4 Å². The lowest BCUT2D eigenvalue weighted by Crippen LogP contribution is -2.12. The van der Waals surface area contributed by atoms with Gasteiger partial charge in [0.05, 0.1) is 11.4 Å². The second kappa shape index (κ2) is 5.16. The van der Waals surface area contributed by atoms with E-state index in [1.165, 1.54) is 6.20 Å². The van der Waals surface area contributed by atoms with Crippen LogP contribution in [0.4, 0.5) is 14.5 Å². The summed E-state index contributed by atoms with van der Waals surface area (Å²) in [5.74, 6) is -2.97. The molecular formula is C13H12F2N2O2S. The molecule has 0 aliphatic carbocycles. The number of aromatic nitrogens is 1. The second-order valence-corrected chi connectivity index (χ2v) is 6.27. The number of hydrogen-bond acceptors (Lipinski definition) is 4. The average Bonchev–Trinajstić information content (AvgIpc) is 2.30. The Bertz CT molecular complexity index is 738. The standard InChI is InChI=1S/C13H12F2N2O2S/c1-8-3-2-4-17-12(8)7-20(18,19)13-10(14)5-9(16)6-11(13)15/h2-6H,7,16H2,1H3. The van der Waals surface area contributed by atoms with E-state index in [0.717, 1.165) is 12.1 Å². The van der Waals surface area contributed by atoms with Crippen molar-refractivity contribution >= 4 is 15.5 Å². The van der Waals surface area contributed by atoms with Crippen LogP contribution in [0.2, 0.25) is 0 Å². The number of benzene rings is 1. The van der Waals surface area contributed by atoms with Crippen LogP contribution >= 0.6 is 0 Å². The number of anilines is 1. The van der Waals surface area contributed by atoms with E-state index >= 15 is 0 Å². The van der Waals surface area contributed by atoms with Gasteiger partial charge in [-0.25, -0.2) is 17.2 Å². The first-order valence-electron chi connectivity index (χ1n) is 5.69. The van der Waals surface area contributed by atoms with Gasteiger partial charge in [0.25, 0.3) is 0 Å². The van der Waals surface area contributed by atoms with Gasteiger partial charge < -0.3 is 5.73 Å². The van der Waals surface area contributed by atoms with Crippen LogP contribution in [0.25, 0.3) is 0 Å². The first kappa shape index (κ1) is 14.4. The lowest BCUT2D eigenvalue weighted by molar-refractivity contribution is 0.519. The van der Waals surface area contributed by atoms with Gasteiger partial charge in [0.1, 0.15) is 16.5 Å². The number of pyridine rings is 1. The number of sulfone groups is 1. The number of halogens is 2. The molecule has 20 heavy (non-hydrogen) atoms. The van der Waals surface area contributed by atoms with Gasteiger partial charge in [-0.2, -0.15) is 0 Å². The molecule has 0 saturated carbocycles. The average molecular weight is 298 g/mol. The predicted octanol–water partition coefficient (Wildman–Crippen LogP) is 2.22. The van der Waals surface area contributed by atoms with Crippen LogP contribution in [0, 0.1) is 18.6 Å². The quantitative estimate of drug-likeness (QED) is 0.882. The van der Waals surface area contributed by atoms with E-state index in [1.54, 1.807) is 19.1 Å². The maximum absolute atomic E-state index is 13.7. The minimum Gasteiger partial charge on any atom is -0.399 e. The number of nitrogens with zero attached hydrogens (tertiary/aromatic N) is 1. The molecule has 1 aromatic carbocycles. The summed E-state index contributed by atoms with van der Waals surface area (Å²) in [6.07, 6.45) is 1.42. The van der Waals surface area contributed by atoms with Crippen LogP contribution in [0.3, 0.4) is 0 Å². The Labute approximate surface area is 115 Å². The number of nitrogens with two attached hydrogens (primary N) is 1. The van der Waals surface area contributed by atoms with Crippen molar-refractivity contribution in [2.24, 2.45) is 0 Å². The fraction of sp³-hybridized carbons (Fsp3) is 0.154. The molecule has 1 aromatic heterocycles. The minimum atomic E-state index is -4.18. The molecular weight excluding hydrogens is 286 g/mol. The first-order chi connectivity index (χ1) is 9.31. The van der Waals surface area contributed by atoms with Crippen LogP contribution in [-0.2, 0) is 15.6 Å². The lowest BCUT2D eigenvalue weighted by Gasteiger charge is -2.09. The lowest BCUT2D eigenvalue weighted by atomic mass is 10.2. The molecule has 2 aromatic rings. The maximum Gasteiger partial charge on any atom is 0.189 e. The van der Waals surface area contributed by atoms with Crippen molar-refractivity contribution in [3.63, 3.8) is 0 Å². The van der Waals surface area contributed by atoms with Gasteiger partial charge in [-0.05, 0) is 30.7 Å². The fourth-order valence-corrected chi connectivity index (χ4v) is 3.32. The van der Waals surface area contributed by atoms with Gasteiger partial charge in [0.15, 0.2) is 9.84 Å². The number of nitrogen functional groups attached to an aromatic ring is 1. The Hall–Kier alpha value is -2.02. The van der Waals surface area contributed by atoms with Gasteiger partial charge in [0, 0.05) is 11.9 Å². The first-order valence-corrected chi connectivity index (χ1v) is 7.34. The summed E-state index contributed by atoms with van der Waals surface area (Å²) in [5, 5.41) is 0.